The summed E-state index contributed by atoms with van der Waals surface area (Å²) >= 11 is 12.2. The molecule has 0 fully saturated rings. The number of rotatable bonds is 0. The fraction of sp³-hybridized carbons (Fsp3) is 0.333. The third kappa shape index (κ3) is 1.65. The fourth-order valence-electron chi connectivity index (χ4n) is 2.31. The summed E-state index contributed by atoms with van der Waals surface area (Å²) in [6.07, 6.45) is 3.16. The van der Waals surface area contributed by atoms with Gasteiger partial charge in [0.15, 0.2) is 0 Å². The van der Waals surface area contributed by atoms with Gasteiger partial charge in [0.1, 0.15) is 11.3 Å². The molecule has 0 radical (unpaired) electrons. The molecule has 5 heteroatoms. The topological polar surface area (TPSA) is 41.7 Å². The summed E-state index contributed by atoms with van der Waals surface area (Å²) in [5.41, 5.74) is 1.19. The molecule has 0 saturated heterocycles. The van der Waals surface area contributed by atoms with E-state index in [0.29, 0.717) is 20.9 Å². The molecule has 88 valence electrons. The highest BCUT2D eigenvalue weighted by molar-refractivity contribution is 6.45. The average Bonchev–Trinajstić information content (AvgIpc) is 2.34. The number of fused-ring (bicyclic) bond motifs is 2. The van der Waals surface area contributed by atoms with Crippen LogP contribution in [0.15, 0.2) is 12.1 Å². The molecule has 3 rings (SSSR count). The lowest BCUT2D eigenvalue weighted by molar-refractivity contribution is 0.493. The molecule has 3 nitrogen and oxygen atoms in total. The second-order valence-electron chi connectivity index (χ2n) is 4.24. The van der Waals surface area contributed by atoms with E-state index >= 15 is 0 Å². The average molecular weight is 268 g/mol. The second-order valence-corrected chi connectivity index (χ2v) is 5.03. The van der Waals surface area contributed by atoms with Crippen molar-refractivity contribution in [2.24, 2.45) is 0 Å². The van der Waals surface area contributed by atoms with E-state index in [-0.39, 0.29) is 0 Å². The monoisotopic (exact) mass is 267 g/mol. The number of nitrogens with zero attached hydrogens (tertiary/aromatic N) is 2. The van der Waals surface area contributed by atoms with Gasteiger partial charge in [-0.2, -0.15) is 0 Å². The Kier molecular flexibility index (Phi) is 2.60. The first-order valence-electron chi connectivity index (χ1n) is 5.60. The van der Waals surface area contributed by atoms with Crippen molar-refractivity contribution in [3.63, 3.8) is 0 Å². The number of hydrogen-bond acceptors (Lipinski definition) is 2. The fourth-order valence-corrected chi connectivity index (χ4v) is 2.71. The van der Waals surface area contributed by atoms with Gasteiger partial charge in [-0.1, -0.05) is 23.2 Å². The number of hydrogen-bond donors (Lipinski definition) is 1. The van der Waals surface area contributed by atoms with Gasteiger partial charge in [0.2, 0.25) is 0 Å². The Hall–Kier alpha value is -1.06. The zero-order chi connectivity index (χ0) is 12.0. The predicted octanol–water partition coefficient (Wildman–Crippen LogP) is 3.16. The highest BCUT2D eigenvalue weighted by Gasteiger charge is 2.15. The molecule has 2 heterocycles. The smallest absolute Gasteiger partial charge is 0.137 e. The minimum absolute atomic E-state index is 0.428. The van der Waals surface area contributed by atoms with E-state index in [2.05, 4.69) is 4.98 Å². The standard InChI is InChI=1S/C12H11Cl2N3/c13-7-4-5-8-10(11(7)14)12(15)17-6-2-1-3-9(17)16-8/h4-5,15H,1-3,6H2. The van der Waals surface area contributed by atoms with Crippen molar-refractivity contribution < 1.29 is 0 Å². The summed E-state index contributed by atoms with van der Waals surface area (Å²) in [4.78, 5) is 4.58. The maximum absolute atomic E-state index is 8.23. The zero-order valence-electron chi connectivity index (χ0n) is 9.13. The maximum atomic E-state index is 8.23. The molecule has 1 aliphatic heterocycles. The quantitative estimate of drug-likeness (QED) is 0.783. The van der Waals surface area contributed by atoms with Gasteiger partial charge in [0.25, 0.3) is 0 Å². The van der Waals surface area contributed by atoms with Crippen LogP contribution in [0.25, 0.3) is 10.9 Å². The molecule has 1 aromatic heterocycles. The van der Waals surface area contributed by atoms with Gasteiger partial charge in [-0.15, -0.1) is 0 Å². The lowest BCUT2D eigenvalue weighted by Gasteiger charge is -2.19. The Morgan fingerprint density at radius 3 is 2.88 bits per heavy atom. The third-order valence-electron chi connectivity index (χ3n) is 3.17. The maximum Gasteiger partial charge on any atom is 0.137 e. The van der Waals surface area contributed by atoms with Crippen LogP contribution in [0.4, 0.5) is 0 Å². The first-order chi connectivity index (χ1) is 8.18. The largest absolute Gasteiger partial charge is 0.314 e. The second kappa shape index (κ2) is 4.00. The Bertz CT molecular complexity index is 661. The summed E-state index contributed by atoms with van der Waals surface area (Å²) in [7, 11) is 0. The Morgan fingerprint density at radius 1 is 1.24 bits per heavy atom. The van der Waals surface area contributed by atoms with E-state index in [1.54, 1.807) is 6.07 Å². The van der Waals surface area contributed by atoms with Crippen molar-refractivity contribution in [1.29, 1.82) is 5.41 Å². The van der Waals surface area contributed by atoms with Gasteiger partial charge in [-0.05, 0) is 25.0 Å². The normalized spacial score (nSPS) is 14.9. The van der Waals surface area contributed by atoms with E-state index in [9.17, 15) is 0 Å². The van der Waals surface area contributed by atoms with Gasteiger partial charge >= 0.3 is 0 Å². The molecule has 1 aliphatic rings. The van der Waals surface area contributed by atoms with Crippen LogP contribution in [0, 0.1) is 5.41 Å². The zero-order valence-corrected chi connectivity index (χ0v) is 10.6. The molecular weight excluding hydrogens is 257 g/mol. The molecule has 1 N–H and O–H groups in total. The van der Waals surface area contributed by atoms with Gasteiger partial charge in [0.05, 0.1) is 20.9 Å². The number of benzene rings is 1. The Labute approximate surface area is 109 Å². The van der Waals surface area contributed by atoms with Gasteiger partial charge in [0, 0.05) is 13.0 Å². The molecule has 2 aromatic rings. The van der Waals surface area contributed by atoms with E-state index in [4.69, 9.17) is 28.6 Å². The molecule has 0 aliphatic carbocycles. The lowest BCUT2D eigenvalue weighted by atomic mass is 10.1. The minimum atomic E-state index is 0.428. The van der Waals surface area contributed by atoms with Crippen molar-refractivity contribution in [2.75, 3.05) is 0 Å². The summed E-state index contributed by atoms with van der Waals surface area (Å²) in [5.74, 6) is 0.979. The lowest BCUT2D eigenvalue weighted by Crippen LogP contribution is -2.28. The summed E-state index contributed by atoms with van der Waals surface area (Å²) in [5, 5.41) is 9.80. The van der Waals surface area contributed by atoms with Crippen molar-refractivity contribution >= 4 is 34.1 Å². The van der Waals surface area contributed by atoms with Gasteiger partial charge in [-0.25, -0.2) is 4.98 Å². The van der Waals surface area contributed by atoms with Crippen LogP contribution in [0.5, 0.6) is 0 Å². The van der Waals surface area contributed by atoms with Crippen LogP contribution in [0.2, 0.25) is 10.0 Å². The van der Waals surface area contributed by atoms with Crippen LogP contribution in [0.3, 0.4) is 0 Å². The van der Waals surface area contributed by atoms with Crippen LogP contribution >= 0.6 is 23.2 Å². The number of aromatic nitrogens is 2. The van der Waals surface area contributed by atoms with Crippen molar-refractivity contribution in [2.45, 2.75) is 25.8 Å². The molecule has 1 aromatic carbocycles. The van der Waals surface area contributed by atoms with Crippen LogP contribution < -0.4 is 5.49 Å². The van der Waals surface area contributed by atoms with E-state index in [1.165, 1.54) is 0 Å². The highest BCUT2D eigenvalue weighted by Crippen LogP contribution is 2.28. The van der Waals surface area contributed by atoms with E-state index < -0.39 is 0 Å². The van der Waals surface area contributed by atoms with Gasteiger partial charge in [-0.3, -0.25) is 5.41 Å². The van der Waals surface area contributed by atoms with E-state index in [0.717, 1.165) is 37.1 Å². The van der Waals surface area contributed by atoms with Gasteiger partial charge < -0.3 is 4.57 Å². The summed E-state index contributed by atoms with van der Waals surface area (Å²) in [6.45, 7) is 0.847. The number of aryl methyl sites for hydroxylation is 1. The van der Waals surface area contributed by atoms with Crippen LogP contribution in [0.1, 0.15) is 18.7 Å². The SMILES string of the molecule is N=c1c2c(Cl)c(Cl)ccc2nc2n1CCCC2. The summed E-state index contributed by atoms with van der Waals surface area (Å²) < 4.78 is 1.94. The molecule has 0 amide bonds. The molecule has 0 spiro atoms. The molecule has 0 atom stereocenters. The summed E-state index contributed by atoms with van der Waals surface area (Å²) in [6, 6.07) is 3.57. The van der Waals surface area contributed by atoms with Crippen molar-refractivity contribution in [3.8, 4) is 0 Å². The Balaban J connectivity index is 2.45. The number of nitrogens with one attached hydrogen (secondary N) is 1. The predicted molar refractivity (Wildman–Crippen MR) is 68.5 cm³/mol. The van der Waals surface area contributed by atoms with Crippen molar-refractivity contribution in [1.82, 2.24) is 9.55 Å². The van der Waals surface area contributed by atoms with Crippen LogP contribution in [-0.4, -0.2) is 9.55 Å². The van der Waals surface area contributed by atoms with E-state index in [1.807, 2.05) is 10.6 Å². The molecule has 0 saturated carbocycles. The first-order valence-corrected chi connectivity index (χ1v) is 6.36. The Morgan fingerprint density at radius 2 is 2.06 bits per heavy atom. The molecule has 0 unspecified atom stereocenters. The number of halogens is 2. The molecular formula is C12H11Cl2N3. The van der Waals surface area contributed by atoms with Crippen LogP contribution in [-0.2, 0) is 13.0 Å². The minimum Gasteiger partial charge on any atom is -0.314 e. The third-order valence-corrected chi connectivity index (χ3v) is 3.98. The first kappa shape index (κ1) is 11.1. The molecule has 0 bridgehead atoms. The highest BCUT2D eigenvalue weighted by atomic mass is 35.5. The van der Waals surface area contributed by atoms with Crippen molar-refractivity contribution in [3.05, 3.63) is 33.5 Å². The molecule has 17 heavy (non-hydrogen) atoms.